The third-order valence-corrected chi connectivity index (χ3v) is 7.68. The van der Waals surface area contributed by atoms with Crippen molar-refractivity contribution in [3.8, 4) is 11.3 Å². The molecular formula is C30H33FN4. The summed E-state index contributed by atoms with van der Waals surface area (Å²) in [5.74, 6) is 2.68. The Balaban J connectivity index is 0.000000148. The van der Waals surface area contributed by atoms with E-state index in [9.17, 15) is 4.39 Å². The zero-order chi connectivity index (χ0) is 24.5. The zero-order valence-electron chi connectivity index (χ0n) is 20.7. The Hall–Kier alpha value is -3.47. The number of imidazole rings is 1. The molecule has 1 N–H and O–H groups in total. The summed E-state index contributed by atoms with van der Waals surface area (Å²) in [6.07, 6.45) is 9.28. The highest BCUT2D eigenvalue weighted by molar-refractivity contribution is 5.76. The van der Waals surface area contributed by atoms with Gasteiger partial charge in [-0.2, -0.15) is 0 Å². The molecule has 4 aromatic rings. The van der Waals surface area contributed by atoms with Crippen LogP contribution in [0.25, 0.3) is 22.3 Å². The molecule has 0 radical (unpaired) electrons. The van der Waals surface area contributed by atoms with Gasteiger partial charge in [0, 0.05) is 29.6 Å². The van der Waals surface area contributed by atoms with E-state index in [1.807, 2.05) is 55.8 Å². The molecule has 0 aliphatic heterocycles. The Morgan fingerprint density at radius 3 is 2.43 bits per heavy atom. The van der Waals surface area contributed by atoms with Crippen molar-refractivity contribution in [2.24, 2.45) is 17.8 Å². The number of nitrogens with one attached hydrogen (secondary N) is 1. The molecule has 2 heterocycles. The molecule has 0 amide bonds. The van der Waals surface area contributed by atoms with Gasteiger partial charge in [0.25, 0.3) is 0 Å². The second kappa shape index (κ2) is 9.65. The van der Waals surface area contributed by atoms with Crippen LogP contribution in [-0.4, -0.2) is 14.5 Å². The quantitative estimate of drug-likeness (QED) is 0.326. The summed E-state index contributed by atoms with van der Waals surface area (Å²) in [7, 11) is 0. The van der Waals surface area contributed by atoms with Crippen molar-refractivity contribution in [1.29, 1.82) is 0 Å². The van der Waals surface area contributed by atoms with Gasteiger partial charge in [-0.1, -0.05) is 38.1 Å². The summed E-state index contributed by atoms with van der Waals surface area (Å²) in [6.45, 7) is 9.75. The molecule has 2 atom stereocenters. The first kappa shape index (κ1) is 23.3. The Kier molecular flexibility index (Phi) is 6.42. The van der Waals surface area contributed by atoms with Gasteiger partial charge in [-0.25, -0.2) is 9.37 Å². The average molecular weight is 469 g/mol. The molecule has 0 spiro atoms. The summed E-state index contributed by atoms with van der Waals surface area (Å²) in [4.78, 5) is 8.82. The monoisotopic (exact) mass is 468 g/mol. The van der Waals surface area contributed by atoms with Crippen molar-refractivity contribution in [2.75, 3.05) is 5.32 Å². The molecule has 2 unspecified atom stereocenters. The number of hydrogen-bond donors (Lipinski definition) is 1. The number of benzene rings is 2. The lowest BCUT2D eigenvalue weighted by molar-refractivity contribution is 0.430. The second-order valence-electron chi connectivity index (χ2n) is 9.91. The van der Waals surface area contributed by atoms with Crippen LogP contribution < -0.4 is 5.32 Å². The molecule has 2 aliphatic carbocycles. The predicted octanol–water partition coefficient (Wildman–Crippen LogP) is 7.70. The second-order valence-corrected chi connectivity index (χ2v) is 9.91. The highest BCUT2D eigenvalue weighted by Crippen LogP contribution is 2.62. The summed E-state index contributed by atoms with van der Waals surface area (Å²) >= 11 is 0. The van der Waals surface area contributed by atoms with Crippen LogP contribution in [0.5, 0.6) is 0 Å². The molecule has 2 aromatic carbocycles. The molecule has 4 nitrogen and oxygen atoms in total. The van der Waals surface area contributed by atoms with E-state index in [4.69, 9.17) is 0 Å². The number of aromatic nitrogens is 3. The largest absolute Gasteiger partial charge is 0.362 e. The third kappa shape index (κ3) is 4.72. The van der Waals surface area contributed by atoms with E-state index in [1.165, 1.54) is 24.8 Å². The summed E-state index contributed by atoms with van der Waals surface area (Å²) < 4.78 is 16.0. The zero-order valence-corrected chi connectivity index (χ0v) is 20.7. The fourth-order valence-electron chi connectivity index (χ4n) is 5.72. The number of halogens is 1. The summed E-state index contributed by atoms with van der Waals surface area (Å²) in [5.41, 5.74) is 6.89. The molecule has 6 rings (SSSR count). The first-order valence-electron chi connectivity index (χ1n) is 12.5. The molecule has 2 saturated carbocycles. The van der Waals surface area contributed by atoms with Crippen LogP contribution in [0.15, 0.2) is 73.8 Å². The fourth-order valence-corrected chi connectivity index (χ4v) is 5.72. The van der Waals surface area contributed by atoms with E-state index in [2.05, 4.69) is 39.4 Å². The lowest BCUT2D eigenvalue weighted by Gasteiger charge is -2.16. The van der Waals surface area contributed by atoms with Gasteiger partial charge in [-0.3, -0.25) is 4.98 Å². The van der Waals surface area contributed by atoms with Crippen molar-refractivity contribution in [2.45, 2.75) is 46.1 Å². The Morgan fingerprint density at radius 2 is 1.80 bits per heavy atom. The van der Waals surface area contributed by atoms with Crippen molar-refractivity contribution in [3.05, 3.63) is 90.8 Å². The highest BCUT2D eigenvalue weighted by Gasteiger charge is 2.55. The number of aryl methyl sites for hydroxylation is 2. The highest BCUT2D eigenvalue weighted by atomic mass is 19.1. The van der Waals surface area contributed by atoms with E-state index in [0.717, 1.165) is 45.7 Å². The molecule has 2 fully saturated rings. The Labute approximate surface area is 206 Å². The average Bonchev–Trinajstić information content (AvgIpc) is 3.15. The number of nitrogens with zero attached hydrogens (tertiary/aromatic N) is 3. The van der Waals surface area contributed by atoms with Gasteiger partial charge in [0.05, 0.1) is 23.1 Å². The van der Waals surface area contributed by atoms with Gasteiger partial charge in [-0.15, -0.1) is 0 Å². The van der Waals surface area contributed by atoms with Crippen LogP contribution >= 0.6 is 0 Å². The standard InChI is InChI=1S/C16H19FN2.C14H14N2/c1-3-11-12-5-10(6-13(11)12)19-8-18-15-4-9(2)14(17)7-16(15)19;1-3-15-13-7-5-12(6-8-13)14-9-4-11(2)10-16-14/h4,7-8,10-13H,3,5-6H2,1-2H3;3-10,15H,1H2,2H3. The van der Waals surface area contributed by atoms with Gasteiger partial charge >= 0.3 is 0 Å². The first-order valence-corrected chi connectivity index (χ1v) is 12.5. The summed E-state index contributed by atoms with van der Waals surface area (Å²) in [6, 6.07) is 16.3. The van der Waals surface area contributed by atoms with Crippen LogP contribution in [0, 0.1) is 37.4 Å². The number of rotatable bonds is 5. The van der Waals surface area contributed by atoms with E-state index in [0.29, 0.717) is 11.6 Å². The van der Waals surface area contributed by atoms with Crippen LogP contribution in [0.2, 0.25) is 0 Å². The minimum atomic E-state index is -0.121. The molecular weight excluding hydrogens is 435 g/mol. The van der Waals surface area contributed by atoms with Gasteiger partial charge in [0.2, 0.25) is 0 Å². The smallest absolute Gasteiger partial charge is 0.128 e. The molecule has 2 aromatic heterocycles. The maximum Gasteiger partial charge on any atom is 0.128 e. The van der Waals surface area contributed by atoms with Gasteiger partial charge < -0.3 is 9.88 Å². The van der Waals surface area contributed by atoms with E-state index in [-0.39, 0.29) is 5.82 Å². The molecule has 35 heavy (non-hydrogen) atoms. The maximum absolute atomic E-state index is 13.8. The van der Waals surface area contributed by atoms with Gasteiger partial charge in [0.15, 0.2) is 0 Å². The van der Waals surface area contributed by atoms with Crippen LogP contribution in [0.3, 0.4) is 0 Å². The third-order valence-electron chi connectivity index (χ3n) is 7.68. The molecule has 0 bridgehead atoms. The molecule has 180 valence electrons. The van der Waals surface area contributed by atoms with Crippen molar-refractivity contribution >= 4 is 16.7 Å². The molecule has 2 aliphatic rings. The van der Waals surface area contributed by atoms with Crippen LogP contribution in [0.4, 0.5) is 10.1 Å². The number of fused-ring (bicyclic) bond motifs is 2. The first-order chi connectivity index (χ1) is 17.0. The van der Waals surface area contributed by atoms with Crippen molar-refractivity contribution in [3.63, 3.8) is 0 Å². The number of pyridine rings is 1. The maximum atomic E-state index is 13.8. The van der Waals surface area contributed by atoms with Crippen LogP contribution in [-0.2, 0) is 0 Å². The molecule has 0 saturated heterocycles. The number of hydrogen-bond acceptors (Lipinski definition) is 3. The minimum absolute atomic E-state index is 0.121. The Bertz CT molecular complexity index is 1310. The minimum Gasteiger partial charge on any atom is -0.362 e. The Morgan fingerprint density at radius 1 is 1.06 bits per heavy atom. The van der Waals surface area contributed by atoms with Crippen molar-refractivity contribution < 1.29 is 4.39 Å². The van der Waals surface area contributed by atoms with Crippen molar-refractivity contribution in [1.82, 2.24) is 14.5 Å². The number of anilines is 1. The van der Waals surface area contributed by atoms with Crippen LogP contribution in [0.1, 0.15) is 43.4 Å². The molecule has 5 heteroatoms. The SMILES string of the molecule is C=CNc1ccc(-c2ccc(C)cn2)cc1.CCC1C2CC(n3cnc4cc(C)c(F)cc43)CC12. The van der Waals surface area contributed by atoms with E-state index < -0.39 is 0 Å². The lowest BCUT2D eigenvalue weighted by Crippen LogP contribution is -2.07. The van der Waals surface area contributed by atoms with E-state index in [1.54, 1.807) is 19.2 Å². The summed E-state index contributed by atoms with van der Waals surface area (Å²) in [5, 5.41) is 3.04. The van der Waals surface area contributed by atoms with Gasteiger partial charge in [0.1, 0.15) is 5.82 Å². The predicted molar refractivity (Wildman–Crippen MR) is 142 cm³/mol. The normalized spacial score (nSPS) is 22.3. The van der Waals surface area contributed by atoms with E-state index >= 15 is 0 Å². The topological polar surface area (TPSA) is 42.7 Å². The van der Waals surface area contributed by atoms with Gasteiger partial charge in [-0.05, 0) is 86.0 Å². The fraction of sp³-hybridized carbons (Fsp3) is 0.333. The lowest BCUT2D eigenvalue weighted by atomic mass is 10.1.